The van der Waals surface area contributed by atoms with Crippen LogP contribution in [0.1, 0.15) is 11.1 Å². The Morgan fingerprint density at radius 3 is 2.21 bits per heavy atom. The fourth-order valence-corrected chi connectivity index (χ4v) is 4.39. The second-order valence-corrected chi connectivity index (χ2v) is 7.82. The van der Waals surface area contributed by atoms with Crippen molar-refractivity contribution < 1.29 is 38.0 Å². The molecule has 0 unspecified atom stereocenters. The summed E-state index contributed by atoms with van der Waals surface area (Å²) in [7, 11) is 6.09. The fourth-order valence-electron chi connectivity index (χ4n) is 4.39. The maximum atomic E-state index is 12.9. The molecule has 9 nitrogen and oxygen atoms in total. The highest BCUT2D eigenvalue weighted by atomic mass is 16.7. The summed E-state index contributed by atoms with van der Waals surface area (Å²) in [6, 6.07) is 9.42. The number of nitriles is 1. The van der Waals surface area contributed by atoms with Crippen LogP contribution in [0.5, 0.6) is 34.5 Å². The molecule has 0 saturated carbocycles. The highest BCUT2D eigenvalue weighted by Crippen LogP contribution is 2.46. The molecule has 0 radical (unpaired) electrons. The molecule has 4 rings (SSSR count). The standard InChI is InChI=1S/C24H25NO8/c1-27-17-8-15(9-18(28-2)21(17)30-4)10-24(12-25)16(11-31-23(24)26)5-14-6-19(29-3)22-20(7-14)32-13-33-22/h6-9,16H,5,10-11,13H2,1-4H3/t16-,24-/m0/s1. The number of methoxy groups -OCH3 is 4. The molecule has 9 heteroatoms. The zero-order chi connectivity index (χ0) is 23.6. The minimum atomic E-state index is -1.38. The molecule has 2 heterocycles. The van der Waals surface area contributed by atoms with Crippen LogP contribution in [0, 0.1) is 22.7 Å². The molecule has 2 aliphatic heterocycles. The Kier molecular flexibility index (Phi) is 6.09. The van der Waals surface area contributed by atoms with Crippen molar-refractivity contribution in [2.75, 3.05) is 41.8 Å². The third kappa shape index (κ3) is 3.82. The first-order chi connectivity index (χ1) is 16.0. The van der Waals surface area contributed by atoms with Crippen LogP contribution in [0.4, 0.5) is 0 Å². The Balaban J connectivity index is 1.68. The van der Waals surface area contributed by atoms with Crippen molar-refractivity contribution in [3.63, 3.8) is 0 Å². The fraction of sp³-hybridized carbons (Fsp3) is 0.417. The van der Waals surface area contributed by atoms with Crippen molar-refractivity contribution >= 4 is 5.97 Å². The maximum Gasteiger partial charge on any atom is 0.327 e. The molecular formula is C24H25NO8. The Morgan fingerprint density at radius 2 is 1.61 bits per heavy atom. The summed E-state index contributed by atoms with van der Waals surface area (Å²) >= 11 is 0. The van der Waals surface area contributed by atoms with Gasteiger partial charge in [0.15, 0.2) is 28.4 Å². The molecule has 33 heavy (non-hydrogen) atoms. The van der Waals surface area contributed by atoms with Crippen LogP contribution in [0.15, 0.2) is 24.3 Å². The van der Waals surface area contributed by atoms with E-state index in [0.717, 1.165) is 5.56 Å². The molecular weight excluding hydrogens is 430 g/mol. The number of carbonyl (C=O) groups excluding carboxylic acids is 1. The first kappa shape index (κ1) is 22.4. The maximum absolute atomic E-state index is 12.9. The minimum absolute atomic E-state index is 0.115. The zero-order valence-electron chi connectivity index (χ0n) is 18.9. The number of ether oxygens (including phenoxy) is 7. The van der Waals surface area contributed by atoms with E-state index in [1.54, 1.807) is 19.2 Å². The highest BCUT2D eigenvalue weighted by Gasteiger charge is 2.53. The number of rotatable bonds is 8. The molecule has 1 fully saturated rings. The van der Waals surface area contributed by atoms with Gasteiger partial charge in [0.25, 0.3) is 0 Å². The minimum Gasteiger partial charge on any atom is -0.493 e. The van der Waals surface area contributed by atoms with Crippen LogP contribution in [-0.4, -0.2) is 47.8 Å². The van der Waals surface area contributed by atoms with E-state index in [-0.39, 0.29) is 25.7 Å². The Labute approximate surface area is 191 Å². The van der Waals surface area contributed by atoms with Crippen LogP contribution < -0.4 is 28.4 Å². The lowest BCUT2D eigenvalue weighted by Crippen LogP contribution is -2.35. The summed E-state index contributed by atoms with van der Waals surface area (Å²) in [4.78, 5) is 12.9. The average Bonchev–Trinajstić information content (AvgIpc) is 3.43. The molecule has 0 aromatic heterocycles. The van der Waals surface area contributed by atoms with E-state index < -0.39 is 11.4 Å². The quantitative estimate of drug-likeness (QED) is 0.556. The van der Waals surface area contributed by atoms with Crippen molar-refractivity contribution in [1.82, 2.24) is 0 Å². The zero-order valence-corrected chi connectivity index (χ0v) is 18.9. The van der Waals surface area contributed by atoms with Gasteiger partial charge in [-0.2, -0.15) is 5.26 Å². The molecule has 0 amide bonds. The van der Waals surface area contributed by atoms with Gasteiger partial charge in [-0.1, -0.05) is 0 Å². The number of hydrogen-bond acceptors (Lipinski definition) is 9. The topological polar surface area (TPSA) is 105 Å². The lowest BCUT2D eigenvalue weighted by atomic mass is 9.71. The lowest BCUT2D eigenvalue weighted by molar-refractivity contribution is -0.144. The summed E-state index contributed by atoms with van der Waals surface area (Å²) in [6.45, 7) is 0.247. The third-order valence-corrected chi connectivity index (χ3v) is 6.08. The van der Waals surface area contributed by atoms with E-state index in [9.17, 15) is 10.1 Å². The van der Waals surface area contributed by atoms with Gasteiger partial charge < -0.3 is 33.2 Å². The molecule has 0 bridgehead atoms. The Hall–Kier alpha value is -3.80. The van der Waals surface area contributed by atoms with Crippen molar-refractivity contribution in [2.45, 2.75) is 12.8 Å². The summed E-state index contributed by atoms with van der Waals surface area (Å²) in [5.41, 5.74) is 0.163. The van der Waals surface area contributed by atoms with Gasteiger partial charge >= 0.3 is 5.97 Å². The number of fused-ring (bicyclic) bond motifs is 1. The van der Waals surface area contributed by atoms with Gasteiger partial charge in [0.1, 0.15) is 0 Å². The van der Waals surface area contributed by atoms with Gasteiger partial charge in [0.05, 0.1) is 41.1 Å². The van der Waals surface area contributed by atoms with Gasteiger partial charge in [0, 0.05) is 12.3 Å². The largest absolute Gasteiger partial charge is 0.493 e. The second-order valence-electron chi connectivity index (χ2n) is 7.82. The number of esters is 1. The Bertz CT molecular complexity index is 1080. The smallest absolute Gasteiger partial charge is 0.327 e. The SMILES string of the molecule is COc1cc(C[C@@]2(C#N)C(=O)OC[C@@H]2Cc2cc(OC)c3c(c2)OCO3)cc(OC)c1OC. The van der Waals surface area contributed by atoms with E-state index in [1.165, 1.54) is 21.3 Å². The van der Waals surface area contributed by atoms with Gasteiger partial charge in [-0.3, -0.25) is 4.79 Å². The number of cyclic esters (lactones) is 1. The lowest BCUT2D eigenvalue weighted by Gasteiger charge is -2.25. The van der Waals surface area contributed by atoms with Crippen molar-refractivity contribution in [2.24, 2.45) is 11.3 Å². The third-order valence-electron chi connectivity index (χ3n) is 6.08. The van der Waals surface area contributed by atoms with Crippen LogP contribution in [0.3, 0.4) is 0 Å². The summed E-state index contributed by atoms with van der Waals surface area (Å²) in [5, 5.41) is 10.2. The highest BCUT2D eigenvalue weighted by molar-refractivity contribution is 5.83. The number of benzene rings is 2. The number of nitrogens with zero attached hydrogens (tertiary/aromatic N) is 1. The summed E-state index contributed by atoms with van der Waals surface area (Å²) in [6.07, 6.45) is 0.544. The summed E-state index contributed by atoms with van der Waals surface area (Å²) < 4.78 is 38.0. The van der Waals surface area contributed by atoms with E-state index in [2.05, 4.69) is 6.07 Å². The Morgan fingerprint density at radius 1 is 0.939 bits per heavy atom. The normalized spacial score (nSPS) is 20.7. The van der Waals surface area contributed by atoms with Crippen LogP contribution in [0.25, 0.3) is 0 Å². The molecule has 2 aromatic rings. The van der Waals surface area contributed by atoms with Crippen molar-refractivity contribution in [3.8, 4) is 40.6 Å². The van der Waals surface area contributed by atoms with Crippen LogP contribution >= 0.6 is 0 Å². The van der Waals surface area contributed by atoms with Crippen LogP contribution in [0.2, 0.25) is 0 Å². The van der Waals surface area contributed by atoms with E-state index in [1.807, 2.05) is 12.1 Å². The molecule has 174 valence electrons. The van der Waals surface area contributed by atoms with E-state index in [4.69, 9.17) is 33.2 Å². The van der Waals surface area contributed by atoms with Crippen molar-refractivity contribution in [1.29, 1.82) is 5.26 Å². The van der Waals surface area contributed by atoms with Crippen molar-refractivity contribution in [3.05, 3.63) is 35.4 Å². The number of carbonyl (C=O) groups is 1. The number of hydrogen-bond donors (Lipinski definition) is 0. The summed E-state index contributed by atoms with van der Waals surface area (Å²) in [5.74, 6) is 2.05. The van der Waals surface area contributed by atoms with Gasteiger partial charge in [0.2, 0.25) is 18.3 Å². The molecule has 1 saturated heterocycles. The average molecular weight is 455 g/mol. The molecule has 0 spiro atoms. The first-order valence-corrected chi connectivity index (χ1v) is 10.3. The van der Waals surface area contributed by atoms with Gasteiger partial charge in [-0.05, 0) is 41.8 Å². The van der Waals surface area contributed by atoms with Crippen LogP contribution in [-0.2, 0) is 22.4 Å². The molecule has 2 aliphatic rings. The monoisotopic (exact) mass is 455 g/mol. The second kappa shape index (κ2) is 8.98. The van der Waals surface area contributed by atoms with Gasteiger partial charge in [-0.25, -0.2) is 0 Å². The molecule has 2 atom stereocenters. The predicted octanol–water partition coefficient (Wildman–Crippen LogP) is 2.92. The van der Waals surface area contributed by atoms with Gasteiger partial charge in [-0.15, -0.1) is 0 Å². The first-order valence-electron chi connectivity index (χ1n) is 10.3. The van der Waals surface area contributed by atoms with E-state index >= 15 is 0 Å². The molecule has 0 aliphatic carbocycles. The predicted molar refractivity (Wildman–Crippen MR) is 115 cm³/mol. The van der Waals surface area contributed by atoms with E-state index in [0.29, 0.717) is 46.5 Å². The molecule has 2 aromatic carbocycles. The molecule has 0 N–H and O–H groups in total.